The molecule has 156 valence electrons. The summed E-state index contributed by atoms with van der Waals surface area (Å²) in [6.45, 7) is 0. The molecule has 0 bridgehead atoms. The summed E-state index contributed by atoms with van der Waals surface area (Å²) in [4.78, 5) is 22.5. The first-order valence-corrected chi connectivity index (χ1v) is 11.1. The van der Waals surface area contributed by atoms with Crippen LogP contribution < -0.4 is 5.32 Å². The lowest BCUT2D eigenvalue weighted by molar-refractivity contribution is -0.113. The van der Waals surface area contributed by atoms with Gasteiger partial charge in [0.1, 0.15) is 6.33 Å². The van der Waals surface area contributed by atoms with Crippen molar-refractivity contribution in [2.45, 2.75) is 4.90 Å². The minimum Gasteiger partial charge on any atom is -0.294 e. The van der Waals surface area contributed by atoms with E-state index in [9.17, 15) is 4.79 Å². The second kappa shape index (κ2) is 9.03. The van der Waals surface area contributed by atoms with Crippen molar-refractivity contribution >= 4 is 34.5 Å². The van der Waals surface area contributed by atoms with Crippen LogP contribution in [0.2, 0.25) is 0 Å². The van der Waals surface area contributed by atoms with Gasteiger partial charge in [-0.2, -0.15) is 10.1 Å². The Balaban J connectivity index is 1.65. The van der Waals surface area contributed by atoms with Gasteiger partial charge in [0.25, 0.3) is 0 Å². The highest BCUT2D eigenvalue weighted by atomic mass is 32.2. The van der Waals surface area contributed by atoms with Crippen LogP contribution in [-0.2, 0) is 4.79 Å². The number of rotatable bonds is 6. The fourth-order valence-corrected chi connectivity index (χ4v) is 4.61. The summed E-state index contributed by atoms with van der Waals surface area (Å²) in [6.07, 6.45) is 1.36. The van der Waals surface area contributed by atoms with Gasteiger partial charge in [-0.05, 0) is 11.6 Å². The third-order valence-electron chi connectivity index (χ3n) is 4.98. The molecule has 0 saturated heterocycles. The molecule has 0 atom stereocenters. The van der Waals surface area contributed by atoms with Crippen molar-refractivity contribution in [1.82, 2.24) is 20.2 Å². The largest absolute Gasteiger partial charge is 0.294 e. The molecule has 5 aromatic rings. The average molecular weight is 438 g/mol. The van der Waals surface area contributed by atoms with Crippen molar-refractivity contribution in [2.24, 2.45) is 0 Å². The Labute approximate surface area is 189 Å². The Hall–Kier alpha value is -3.97. The number of aromatic amines is 1. The lowest BCUT2D eigenvalue weighted by atomic mass is 9.98. The van der Waals surface area contributed by atoms with Crippen LogP contribution in [0.3, 0.4) is 0 Å². The predicted molar refractivity (Wildman–Crippen MR) is 128 cm³/mol. The highest BCUT2D eigenvalue weighted by Crippen LogP contribution is 2.42. The SMILES string of the molecule is O=C(CSc1c(-c2ccccc2)nc2ccccc2c1-c1ccccc1)Nc1ncn[nH]1. The Morgan fingerprint density at radius 1 is 0.875 bits per heavy atom. The number of aromatic nitrogens is 4. The van der Waals surface area contributed by atoms with Crippen LogP contribution in [0, 0.1) is 0 Å². The monoisotopic (exact) mass is 437 g/mol. The molecule has 0 radical (unpaired) electrons. The number of amides is 1. The smallest absolute Gasteiger partial charge is 0.237 e. The maximum Gasteiger partial charge on any atom is 0.237 e. The molecule has 0 fully saturated rings. The van der Waals surface area contributed by atoms with E-state index in [4.69, 9.17) is 4.98 Å². The third kappa shape index (κ3) is 4.10. The van der Waals surface area contributed by atoms with E-state index >= 15 is 0 Å². The Morgan fingerprint density at radius 3 is 2.28 bits per heavy atom. The van der Waals surface area contributed by atoms with Crippen molar-refractivity contribution in [3.05, 3.63) is 91.3 Å². The number of benzene rings is 3. The van der Waals surface area contributed by atoms with Gasteiger partial charge in [-0.3, -0.25) is 10.1 Å². The van der Waals surface area contributed by atoms with Gasteiger partial charge in [-0.1, -0.05) is 78.9 Å². The summed E-state index contributed by atoms with van der Waals surface area (Å²) in [6, 6.07) is 28.4. The second-order valence-corrected chi connectivity index (χ2v) is 8.07. The lowest BCUT2D eigenvalue weighted by Crippen LogP contribution is -2.15. The van der Waals surface area contributed by atoms with Gasteiger partial charge in [-0.25, -0.2) is 10.1 Å². The van der Waals surface area contributed by atoms with Crippen LogP contribution in [0.15, 0.2) is 96.2 Å². The molecule has 2 N–H and O–H groups in total. The molecule has 0 aliphatic heterocycles. The molecule has 7 heteroatoms. The molecule has 0 aliphatic carbocycles. The van der Waals surface area contributed by atoms with Gasteiger partial charge in [0.2, 0.25) is 11.9 Å². The maximum atomic E-state index is 12.6. The number of hydrogen-bond donors (Lipinski definition) is 2. The summed E-state index contributed by atoms with van der Waals surface area (Å²) < 4.78 is 0. The van der Waals surface area contributed by atoms with E-state index in [1.54, 1.807) is 0 Å². The standard InChI is InChI=1S/C25H19N5OS/c31-21(29-25-26-16-27-30-25)15-32-24-22(17-9-3-1-4-10-17)19-13-7-8-14-20(19)28-23(24)18-11-5-2-6-12-18/h1-14,16H,15H2,(H2,26,27,29,30,31). The maximum absolute atomic E-state index is 12.6. The zero-order chi connectivity index (χ0) is 21.8. The van der Waals surface area contributed by atoms with Crippen molar-refractivity contribution in [2.75, 3.05) is 11.1 Å². The van der Waals surface area contributed by atoms with Crippen molar-refractivity contribution in [1.29, 1.82) is 0 Å². The number of carbonyl (C=O) groups is 1. The highest BCUT2D eigenvalue weighted by molar-refractivity contribution is 8.00. The van der Waals surface area contributed by atoms with Crippen molar-refractivity contribution < 1.29 is 4.79 Å². The summed E-state index contributed by atoms with van der Waals surface area (Å²) >= 11 is 1.47. The third-order valence-corrected chi connectivity index (χ3v) is 6.07. The van der Waals surface area contributed by atoms with Crippen molar-refractivity contribution in [3.63, 3.8) is 0 Å². The minimum atomic E-state index is -0.169. The molecule has 2 heterocycles. The minimum absolute atomic E-state index is 0.169. The fraction of sp³-hybridized carbons (Fsp3) is 0.0400. The summed E-state index contributed by atoms with van der Waals surface area (Å²) in [7, 11) is 0. The van der Waals surface area contributed by atoms with Crippen LogP contribution in [0.25, 0.3) is 33.3 Å². The molecular formula is C25H19N5OS. The van der Waals surface area contributed by atoms with Gasteiger partial charge < -0.3 is 0 Å². The first-order chi connectivity index (χ1) is 15.8. The zero-order valence-electron chi connectivity index (χ0n) is 17.0. The molecule has 6 nitrogen and oxygen atoms in total. The molecule has 0 saturated carbocycles. The Bertz CT molecular complexity index is 1360. The fourth-order valence-electron chi connectivity index (χ4n) is 3.59. The summed E-state index contributed by atoms with van der Waals surface area (Å²) in [5.41, 5.74) is 4.95. The van der Waals surface area contributed by atoms with E-state index in [2.05, 4.69) is 38.7 Å². The highest BCUT2D eigenvalue weighted by Gasteiger charge is 2.19. The quantitative estimate of drug-likeness (QED) is 0.347. The first-order valence-electron chi connectivity index (χ1n) is 10.1. The number of thioether (sulfide) groups is 1. The van der Waals surface area contributed by atoms with Crippen LogP contribution in [0.4, 0.5) is 5.95 Å². The average Bonchev–Trinajstić information content (AvgIpc) is 3.36. The molecular weight excluding hydrogens is 418 g/mol. The van der Waals surface area contributed by atoms with E-state index < -0.39 is 0 Å². The van der Waals surface area contributed by atoms with Crippen molar-refractivity contribution in [3.8, 4) is 22.4 Å². The number of hydrogen-bond acceptors (Lipinski definition) is 5. The molecule has 5 rings (SSSR count). The predicted octanol–water partition coefficient (Wildman–Crippen LogP) is 5.42. The van der Waals surface area contributed by atoms with E-state index in [-0.39, 0.29) is 11.7 Å². The van der Waals surface area contributed by atoms with E-state index in [0.717, 1.165) is 38.2 Å². The molecule has 3 aromatic carbocycles. The zero-order valence-corrected chi connectivity index (χ0v) is 17.8. The number of pyridine rings is 1. The second-order valence-electron chi connectivity index (χ2n) is 7.08. The normalized spacial score (nSPS) is 10.9. The van der Waals surface area contributed by atoms with E-state index in [1.165, 1.54) is 18.1 Å². The lowest BCUT2D eigenvalue weighted by Gasteiger charge is -2.17. The summed E-state index contributed by atoms with van der Waals surface area (Å²) in [5, 5.41) is 10.2. The van der Waals surface area contributed by atoms with Crippen LogP contribution >= 0.6 is 11.8 Å². The van der Waals surface area contributed by atoms with Crippen LogP contribution in [-0.4, -0.2) is 31.8 Å². The Kier molecular flexibility index (Phi) is 5.63. The molecule has 0 unspecified atom stereocenters. The number of para-hydroxylation sites is 1. The molecule has 0 aliphatic rings. The number of nitrogens with zero attached hydrogens (tertiary/aromatic N) is 3. The van der Waals surface area contributed by atoms with Gasteiger partial charge in [-0.15, -0.1) is 11.8 Å². The topological polar surface area (TPSA) is 83.6 Å². The first kappa shape index (κ1) is 20.0. The van der Waals surface area contributed by atoms with Gasteiger partial charge in [0.05, 0.1) is 17.0 Å². The van der Waals surface area contributed by atoms with Crippen LogP contribution in [0.1, 0.15) is 0 Å². The summed E-state index contributed by atoms with van der Waals surface area (Å²) in [5.74, 6) is 0.372. The van der Waals surface area contributed by atoms with Gasteiger partial charge in [0.15, 0.2) is 0 Å². The van der Waals surface area contributed by atoms with Crippen LogP contribution in [0.5, 0.6) is 0 Å². The van der Waals surface area contributed by atoms with E-state index in [1.807, 2.05) is 66.7 Å². The number of fused-ring (bicyclic) bond motifs is 1. The van der Waals surface area contributed by atoms with Gasteiger partial charge in [0, 0.05) is 21.4 Å². The number of carbonyl (C=O) groups excluding carboxylic acids is 1. The number of H-pyrrole nitrogens is 1. The Morgan fingerprint density at radius 2 is 1.56 bits per heavy atom. The number of nitrogens with one attached hydrogen (secondary N) is 2. The molecule has 32 heavy (non-hydrogen) atoms. The molecule has 1 amide bonds. The molecule has 2 aromatic heterocycles. The van der Waals surface area contributed by atoms with E-state index in [0.29, 0.717) is 5.95 Å². The molecule has 0 spiro atoms. The number of anilines is 1. The van der Waals surface area contributed by atoms with Gasteiger partial charge >= 0.3 is 0 Å².